The van der Waals surface area contributed by atoms with Crippen LogP contribution in [0.15, 0.2) is 35.9 Å². The highest BCUT2D eigenvalue weighted by Crippen LogP contribution is 2.19. The monoisotopic (exact) mass is 214 g/mol. The van der Waals surface area contributed by atoms with Crippen LogP contribution in [0.25, 0.3) is 0 Å². The van der Waals surface area contributed by atoms with Crippen molar-refractivity contribution < 1.29 is 4.79 Å². The zero-order valence-corrected chi connectivity index (χ0v) is 9.83. The number of rotatable bonds is 2. The zero-order chi connectivity index (χ0) is 11.4. The Kier molecular flexibility index (Phi) is 3.55. The van der Waals surface area contributed by atoms with Gasteiger partial charge in [0.2, 0.25) is 0 Å². The van der Waals surface area contributed by atoms with Crippen molar-refractivity contribution in [3.05, 3.63) is 47.0 Å². The van der Waals surface area contributed by atoms with E-state index in [0.29, 0.717) is 5.78 Å². The summed E-state index contributed by atoms with van der Waals surface area (Å²) in [5, 5.41) is 0. The molecule has 0 fully saturated rings. The van der Waals surface area contributed by atoms with Gasteiger partial charge in [0, 0.05) is 12.8 Å². The molecular weight excluding hydrogens is 196 g/mol. The lowest BCUT2D eigenvalue weighted by Gasteiger charge is -2.07. The van der Waals surface area contributed by atoms with E-state index in [0.717, 1.165) is 37.7 Å². The van der Waals surface area contributed by atoms with E-state index in [2.05, 4.69) is 25.1 Å². The van der Waals surface area contributed by atoms with Gasteiger partial charge in [-0.3, -0.25) is 4.79 Å². The van der Waals surface area contributed by atoms with Crippen LogP contribution in [0, 0.1) is 6.92 Å². The summed E-state index contributed by atoms with van der Waals surface area (Å²) in [5.74, 6) is 0.348. The van der Waals surface area contributed by atoms with E-state index in [9.17, 15) is 4.79 Å². The maximum atomic E-state index is 11.9. The van der Waals surface area contributed by atoms with Gasteiger partial charge in [0.15, 0.2) is 5.78 Å². The van der Waals surface area contributed by atoms with Crippen LogP contribution in [0.3, 0.4) is 0 Å². The Labute approximate surface area is 97.2 Å². The van der Waals surface area contributed by atoms with Crippen molar-refractivity contribution in [2.45, 2.75) is 39.0 Å². The van der Waals surface area contributed by atoms with Gasteiger partial charge in [-0.2, -0.15) is 0 Å². The average molecular weight is 214 g/mol. The second kappa shape index (κ2) is 5.11. The number of carbonyl (C=O) groups is 1. The van der Waals surface area contributed by atoms with Crippen molar-refractivity contribution in [3.8, 4) is 0 Å². The fourth-order valence-electron chi connectivity index (χ4n) is 2.16. The van der Waals surface area contributed by atoms with Crippen molar-refractivity contribution in [3.63, 3.8) is 0 Å². The van der Waals surface area contributed by atoms with Crippen molar-refractivity contribution in [2.24, 2.45) is 0 Å². The van der Waals surface area contributed by atoms with Gasteiger partial charge in [-0.15, -0.1) is 0 Å². The molecule has 1 aliphatic rings. The van der Waals surface area contributed by atoms with E-state index in [1.165, 1.54) is 11.1 Å². The lowest BCUT2D eigenvalue weighted by molar-refractivity contribution is -0.115. The number of ketones is 1. The lowest BCUT2D eigenvalue weighted by Crippen LogP contribution is -2.04. The van der Waals surface area contributed by atoms with Crippen LogP contribution in [0.5, 0.6) is 0 Å². The standard InChI is InChI=1S/C15H18O/c1-12-7-5-6-8-13(12)11-14-9-3-2-4-10-15(14)16/h5-9H,2-4,10-11H2,1H3. The molecule has 2 rings (SSSR count). The van der Waals surface area contributed by atoms with Crippen LogP contribution in [-0.4, -0.2) is 5.78 Å². The Hall–Kier alpha value is -1.37. The summed E-state index contributed by atoms with van der Waals surface area (Å²) in [5.41, 5.74) is 3.58. The van der Waals surface area contributed by atoms with Gasteiger partial charge in [0.25, 0.3) is 0 Å². The molecule has 1 aromatic rings. The highest BCUT2D eigenvalue weighted by molar-refractivity contribution is 5.95. The van der Waals surface area contributed by atoms with Crippen molar-refractivity contribution in [1.29, 1.82) is 0 Å². The van der Waals surface area contributed by atoms with Gasteiger partial charge < -0.3 is 0 Å². The molecule has 0 heterocycles. The second-order valence-corrected chi connectivity index (χ2v) is 4.50. The average Bonchev–Trinajstić information content (AvgIpc) is 2.48. The summed E-state index contributed by atoms with van der Waals surface area (Å²) in [6.07, 6.45) is 6.95. The van der Waals surface area contributed by atoms with E-state index in [-0.39, 0.29) is 0 Å². The topological polar surface area (TPSA) is 17.1 Å². The number of Topliss-reactive ketones (excluding diaryl/α,β-unsaturated/α-hetero) is 1. The molecule has 1 aliphatic carbocycles. The second-order valence-electron chi connectivity index (χ2n) is 4.50. The summed E-state index contributed by atoms with van der Waals surface area (Å²) in [6, 6.07) is 8.32. The highest BCUT2D eigenvalue weighted by Gasteiger charge is 2.13. The van der Waals surface area contributed by atoms with E-state index in [1.807, 2.05) is 12.1 Å². The number of hydrogen-bond acceptors (Lipinski definition) is 1. The van der Waals surface area contributed by atoms with E-state index in [1.54, 1.807) is 0 Å². The third-order valence-corrected chi connectivity index (χ3v) is 3.25. The van der Waals surface area contributed by atoms with Gasteiger partial charge >= 0.3 is 0 Å². The molecule has 84 valence electrons. The number of allylic oxidation sites excluding steroid dienone is 2. The normalized spacial score (nSPS) is 16.8. The van der Waals surface area contributed by atoms with Gasteiger partial charge in [0.1, 0.15) is 0 Å². The van der Waals surface area contributed by atoms with Gasteiger partial charge in [-0.05, 0) is 42.9 Å². The van der Waals surface area contributed by atoms with Gasteiger partial charge in [-0.25, -0.2) is 0 Å². The van der Waals surface area contributed by atoms with Gasteiger partial charge in [-0.1, -0.05) is 30.3 Å². The molecule has 0 radical (unpaired) electrons. The van der Waals surface area contributed by atoms with E-state index >= 15 is 0 Å². The largest absolute Gasteiger partial charge is 0.295 e. The molecule has 1 heteroatoms. The van der Waals surface area contributed by atoms with E-state index in [4.69, 9.17) is 0 Å². The minimum absolute atomic E-state index is 0.348. The third kappa shape index (κ3) is 2.60. The fourth-order valence-corrected chi connectivity index (χ4v) is 2.16. The molecule has 16 heavy (non-hydrogen) atoms. The van der Waals surface area contributed by atoms with Crippen molar-refractivity contribution in [2.75, 3.05) is 0 Å². The zero-order valence-electron chi connectivity index (χ0n) is 9.83. The van der Waals surface area contributed by atoms with Crippen LogP contribution < -0.4 is 0 Å². The number of aryl methyl sites for hydroxylation is 1. The summed E-state index contributed by atoms with van der Waals surface area (Å²) in [7, 11) is 0. The third-order valence-electron chi connectivity index (χ3n) is 3.25. The highest BCUT2D eigenvalue weighted by atomic mass is 16.1. The van der Waals surface area contributed by atoms with Crippen LogP contribution in [0.4, 0.5) is 0 Å². The van der Waals surface area contributed by atoms with Crippen LogP contribution in [0.2, 0.25) is 0 Å². The fraction of sp³-hybridized carbons (Fsp3) is 0.400. The molecule has 0 N–H and O–H groups in total. The number of hydrogen-bond donors (Lipinski definition) is 0. The summed E-state index contributed by atoms with van der Waals surface area (Å²) in [4.78, 5) is 11.9. The molecule has 0 atom stereocenters. The molecule has 1 nitrogen and oxygen atoms in total. The first kappa shape index (κ1) is 11.1. The first-order valence-electron chi connectivity index (χ1n) is 6.04. The summed E-state index contributed by atoms with van der Waals surface area (Å²) in [6.45, 7) is 2.11. The van der Waals surface area contributed by atoms with Gasteiger partial charge in [0.05, 0.1) is 0 Å². The minimum atomic E-state index is 0.348. The Morgan fingerprint density at radius 3 is 2.81 bits per heavy atom. The summed E-state index contributed by atoms with van der Waals surface area (Å²) < 4.78 is 0. The smallest absolute Gasteiger partial charge is 0.158 e. The quantitative estimate of drug-likeness (QED) is 0.735. The molecule has 0 saturated carbocycles. The molecule has 0 bridgehead atoms. The SMILES string of the molecule is Cc1ccccc1CC1=CCCCCC1=O. The lowest BCUT2D eigenvalue weighted by atomic mass is 9.97. The van der Waals surface area contributed by atoms with Crippen molar-refractivity contribution in [1.82, 2.24) is 0 Å². The molecule has 0 aliphatic heterocycles. The van der Waals surface area contributed by atoms with Crippen LogP contribution in [0.1, 0.15) is 36.8 Å². The number of carbonyl (C=O) groups excluding carboxylic acids is 1. The van der Waals surface area contributed by atoms with E-state index < -0.39 is 0 Å². The maximum Gasteiger partial charge on any atom is 0.158 e. The Balaban J connectivity index is 2.17. The molecule has 0 aromatic heterocycles. The molecule has 0 saturated heterocycles. The number of benzene rings is 1. The molecular formula is C15H18O. The van der Waals surface area contributed by atoms with Crippen LogP contribution >= 0.6 is 0 Å². The molecule has 1 aromatic carbocycles. The first-order valence-corrected chi connectivity index (χ1v) is 6.04. The Morgan fingerprint density at radius 1 is 1.19 bits per heavy atom. The molecule has 0 amide bonds. The molecule has 0 spiro atoms. The maximum absolute atomic E-state index is 11.9. The molecule has 0 unspecified atom stereocenters. The predicted octanol–water partition coefficient (Wildman–Crippen LogP) is 3.61. The Morgan fingerprint density at radius 2 is 2.00 bits per heavy atom. The first-order chi connectivity index (χ1) is 7.77. The predicted molar refractivity (Wildman–Crippen MR) is 66.4 cm³/mol. The summed E-state index contributed by atoms with van der Waals surface area (Å²) >= 11 is 0. The Bertz CT molecular complexity index is 415. The van der Waals surface area contributed by atoms with Crippen LogP contribution in [-0.2, 0) is 11.2 Å². The van der Waals surface area contributed by atoms with Crippen molar-refractivity contribution >= 4 is 5.78 Å². The minimum Gasteiger partial charge on any atom is -0.295 e.